The monoisotopic (exact) mass is 254 g/mol. The summed E-state index contributed by atoms with van der Waals surface area (Å²) in [6, 6.07) is 4.44. The fraction of sp³-hybridized carbons (Fsp3) is 0.0909. The van der Waals surface area contributed by atoms with E-state index in [1.807, 2.05) is 0 Å². The molecule has 2 rings (SSSR count). The molecule has 0 atom stereocenters. The molecule has 0 unspecified atom stereocenters. The average molecular weight is 254 g/mol. The van der Waals surface area contributed by atoms with Gasteiger partial charge in [0, 0.05) is 10.9 Å². The molecular weight excluding hydrogens is 246 g/mol. The van der Waals surface area contributed by atoms with Crippen LogP contribution in [0.15, 0.2) is 24.3 Å². The van der Waals surface area contributed by atoms with Crippen molar-refractivity contribution in [3.8, 4) is 0 Å². The first kappa shape index (κ1) is 11.7. The van der Waals surface area contributed by atoms with Crippen molar-refractivity contribution in [3.05, 3.63) is 46.5 Å². The summed E-state index contributed by atoms with van der Waals surface area (Å²) in [6.45, 7) is 1.80. The molecule has 1 amide bonds. The van der Waals surface area contributed by atoms with E-state index in [0.717, 1.165) is 23.1 Å². The molecule has 0 fully saturated rings. The molecule has 0 bridgehead atoms. The summed E-state index contributed by atoms with van der Waals surface area (Å²) < 4.78 is 30.0. The maximum Gasteiger partial charge on any atom is 0.275 e. The lowest BCUT2D eigenvalue weighted by Crippen LogP contribution is -2.13. The lowest BCUT2D eigenvalue weighted by molar-refractivity contribution is 0.102. The maximum absolute atomic E-state index is 13.3. The minimum absolute atomic E-state index is 0.191. The fourth-order valence-electron chi connectivity index (χ4n) is 1.25. The Morgan fingerprint density at radius 3 is 2.76 bits per heavy atom. The normalized spacial score (nSPS) is 10.3. The molecule has 0 saturated heterocycles. The van der Waals surface area contributed by atoms with E-state index in [4.69, 9.17) is 0 Å². The van der Waals surface area contributed by atoms with Crippen LogP contribution in [0, 0.1) is 18.6 Å². The highest BCUT2D eigenvalue weighted by Gasteiger charge is 2.12. The van der Waals surface area contributed by atoms with Crippen LogP contribution in [-0.4, -0.2) is 10.3 Å². The second-order valence-corrected chi connectivity index (χ2v) is 4.41. The number of hydrogen-bond acceptors (Lipinski definition) is 3. The number of halogens is 2. The molecule has 0 spiro atoms. The molecule has 1 aromatic heterocycles. The molecule has 0 radical (unpaired) electrons. The summed E-state index contributed by atoms with van der Waals surface area (Å²) >= 11 is 1.17. The van der Waals surface area contributed by atoms with Gasteiger partial charge in [0.15, 0.2) is 0 Å². The number of nitrogens with zero attached hydrogens (tertiary/aromatic N) is 1. The number of amides is 1. The first-order valence-electron chi connectivity index (χ1n) is 4.76. The van der Waals surface area contributed by atoms with E-state index in [1.54, 1.807) is 13.0 Å². The molecule has 88 valence electrons. The third kappa shape index (κ3) is 2.65. The Labute approximate surface area is 100 Å². The predicted octanol–water partition coefficient (Wildman–Crippen LogP) is 2.98. The van der Waals surface area contributed by atoms with Crippen molar-refractivity contribution in [1.29, 1.82) is 0 Å². The van der Waals surface area contributed by atoms with Crippen LogP contribution < -0.4 is 5.32 Å². The van der Waals surface area contributed by atoms with Crippen LogP contribution in [0.4, 0.5) is 14.5 Å². The van der Waals surface area contributed by atoms with Crippen LogP contribution in [0.25, 0.3) is 0 Å². The zero-order valence-electron chi connectivity index (χ0n) is 8.83. The molecule has 0 aliphatic heterocycles. The fourth-order valence-corrected chi connectivity index (χ4v) is 1.80. The molecule has 3 nitrogen and oxygen atoms in total. The number of aryl methyl sites for hydroxylation is 1. The van der Waals surface area contributed by atoms with Gasteiger partial charge in [0.2, 0.25) is 0 Å². The number of rotatable bonds is 2. The highest BCUT2D eigenvalue weighted by Crippen LogP contribution is 2.17. The molecule has 6 heteroatoms. The number of carbonyl (C=O) groups is 1. The van der Waals surface area contributed by atoms with E-state index in [0.29, 0.717) is 0 Å². The lowest BCUT2D eigenvalue weighted by Gasteiger charge is -2.04. The van der Waals surface area contributed by atoms with Gasteiger partial charge in [-0.2, -0.15) is 4.37 Å². The highest BCUT2D eigenvalue weighted by molar-refractivity contribution is 7.05. The molecule has 0 aliphatic carbocycles. The zero-order valence-corrected chi connectivity index (χ0v) is 9.65. The van der Waals surface area contributed by atoms with Gasteiger partial charge >= 0.3 is 0 Å². The van der Waals surface area contributed by atoms with Crippen LogP contribution in [0.2, 0.25) is 0 Å². The molecule has 1 aromatic carbocycles. The largest absolute Gasteiger partial charge is 0.318 e. The zero-order chi connectivity index (χ0) is 12.4. The van der Waals surface area contributed by atoms with Crippen molar-refractivity contribution in [1.82, 2.24) is 4.37 Å². The van der Waals surface area contributed by atoms with Crippen molar-refractivity contribution in [3.63, 3.8) is 0 Å². The van der Waals surface area contributed by atoms with E-state index >= 15 is 0 Å². The van der Waals surface area contributed by atoms with E-state index < -0.39 is 17.5 Å². The summed E-state index contributed by atoms with van der Waals surface area (Å²) in [5.74, 6) is -1.86. The van der Waals surface area contributed by atoms with Crippen molar-refractivity contribution < 1.29 is 13.6 Å². The minimum Gasteiger partial charge on any atom is -0.318 e. The topological polar surface area (TPSA) is 42.0 Å². The third-order valence-electron chi connectivity index (χ3n) is 2.04. The number of aromatic nitrogens is 1. The van der Waals surface area contributed by atoms with Crippen molar-refractivity contribution >= 4 is 23.1 Å². The number of hydrogen-bond donors (Lipinski definition) is 1. The van der Waals surface area contributed by atoms with Crippen molar-refractivity contribution in [2.45, 2.75) is 6.92 Å². The first-order valence-corrected chi connectivity index (χ1v) is 5.53. The molecule has 1 heterocycles. The second-order valence-electron chi connectivity index (χ2n) is 3.40. The Morgan fingerprint density at radius 1 is 1.35 bits per heavy atom. The minimum atomic E-state index is -0.688. The first-order chi connectivity index (χ1) is 8.06. The van der Waals surface area contributed by atoms with Gasteiger partial charge in [-0.3, -0.25) is 4.79 Å². The van der Waals surface area contributed by atoms with Gasteiger partial charge in [-0.25, -0.2) is 8.78 Å². The smallest absolute Gasteiger partial charge is 0.275 e. The van der Waals surface area contributed by atoms with Crippen LogP contribution in [0.5, 0.6) is 0 Å². The molecule has 0 aliphatic rings. The van der Waals surface area contributed by atoms with Gasteiger partial charge in [-0.15, -0.1) is 0 Å². The Hall–Kier alpha value is -1.82. The summed E-state index contributed by atoms with van der Waals surface area (Å²) in [5.41, 5.74) is -0.00295. The van der Waals surface area contributed by atoms with Crippen LogP contribution in [0.3, 0.4) is 0 Å². The SMILES string of the molecule is Cc1cc(C(=O)Nc2cc(F)ccc2F)ns1. The summed E-state index contributed by atoms with van der Waals surface area (Å²) in [7, 11) is 0. The number of carbonyl (C=O) groups excluding carboxylic acids is 1. The van der Waals surface area contributed by atoms with E-state index in [1.165, 1.54) is 11.5 Å². The molecule has 17 heavy (non-hydrogen) atoms. The van der Waals surface area contributed by atoms with Gasteiger partial charge in [0.05, 0.1) is 5.69 Å². The molecule has 2 aromatic rings. The Bertz CT molecular complexity index is 568. The Balaban J connectivity index is 2.21. The second kappa shape index (κ2) is 4.58. The number of nitrogens with one attached hydrogen (secondary N) is 1. The van der Waals surface area contributed by atoms with E-state index in [2.05, 4.69) is 9.69 Å². The quantitative estimate of drug-likeness (QED) is 0.895. The van der Waals surface area contributed by atoms with Gasteiger partial charge in [-0.05, 0) is 36.7 Å². The Kier molecular flexibility index (Phi) is 3.14. The van der Waals surface area contributed by atoms with Crippen molar-refractivity contribution in [2.75, 3.05) is 5.32 Å². The van der Waals surface area contributed by atoms with Crippen molar-refractivity contribution in [2.24, 2.45) is 0 Å². The predicted molar refractivity (Wildman–Crippen MR) is 61.2 cm³/mol. The van der Waals surface area contributed by atoms with Gasteiger partial charge < -0.3 is 5.32 Å². The maximum atomic E-state index is 13.3. The van der Waals surface area contributed by atoms with Crippen LogP contribution in [-0.2, 0) is 0 Å². The summed E-state index contributed by atoms with van der Waals surface area (Å²) in [6.07, 6.45) is 0. The summed E-state index contributed by atoms with van der Waals surface area (Å²) in [5, 5.41) is 2.27. The molecule has 0 saturated carbocycles. The molecular formula is C11H8F2N2OS. The number of anilines is 1. The van der Waals surface area contributed by atoms with E-state index in [9.17, 15) is 13.6 Å². The third-order valence-corrected chi connectivity index (χ3v) is 2.73. The average Bonchev–Trinajstić information content (AvgIpc) is 2.70. The summed E-state index contributed by atoms with van der Waals surface area (Å²) in [4.78, 5) is 12.5. The lowest BCUT2D eigenvalue weighted by atomic mass is 10.3. The van der Waals surface area contributed by atoms with Gasteiger partial charge in [0.25, 0.3) is 5.91 Å². The van der Waals surface area contributed by atoms with Gasteiger partial charge in [0.1, 0.15) is 17.3 Å². The Morgan fingerprint density at radius 2 is 2.12 bits per heavy atom. The standard InChI is InChI=1S/C11H8F2N2OS/c1-6-4-10(15-17-6)11(16)14-9-5-7(12)2-3-8(9)13/h2-5H,1H3,(H,14,16). The highest BCUT2D eigenvalue weighted by atomic mass is 32.1. The van der Waals surface area contributed by atoms with Crippen LogP contribution in [0.1, 0.15) is 15.4 Å². The van der Waals surface area contributed by atoms with E-state index in [-0.39, 0.29) is 11.4 Å². The van der Waals surface area contributed by atoms with Gasteiger partial charge in [-0.1, -0.05) is 0 Å². The number of benzene rings is 1. The molecule has 1 N–H and O–H groups in total. The van der Waals surface area contributed by atoms with Crippen LogP contribution >= 0.6 is 11.5 Å².